The fraction of sp³-hybridized carbons (Fsp3) is 0.833. The van der Waals surface area contributed by atoms with Crippen LogP contribution in [0.2, 0.25) is 0 Å². The van der Waals surface area contributed by atoms with Crippen LogP contribution in [0.3, 0.4) is 0 Å². The fourth-order valence-electron chi connectivity index (χ4n) is 1.39. The molecule has 0 aromatic carbocycles. The first kappa shape index (κ1) is 16.7. The number of rotatable bonds is 9. The Labute approximate surface area is 117 Å². The van der Waals surface area contributed by atoms with Crippen LogP contribution in [0.4, 0.5) is 0 Å². The Bertz CT molecular complexity index is 234. The third-order valence-corrected chi connectivity index (χ3v) is 3.39. The SMILES string of the molecule is CCCCCCCC(=O)NCC(I)C(=O)OC. The zero-order valence-electron chi connectivity index (χ0n) is 10.6. The summed E-state index contributed by atoms with van der Waals surface area (Å²) < 4.78 is 4.27. The highest BCUT2D eigenvalue weighted by molar-refractivity contribution is 14.1. The van der Waals surface area contributed by atoms with Gasteiger partial charge in [0.25, 0.3) is 0 Å². The number of hydrogen-bond donors (Lipinski definition) is 1. The van der Waals surface area contributed by atoms with E-state index in [0.717, 1.165) is 12.8 Å². The minimum absolute atomic E-state index is 0.0204. The molecule has 1 amide bonds. The van der Waals surface area contributed by atoms with Gasteiger partial charge in [-0.15, -0.1) is 0 Å². The fourth-order valence-corrected chi connectivity index (χ4v) is 1.87. The maximum Gasteiger partial charge on any atom is 0.320 e. The van der Waals surface area contributed by atoms with E-state index < -0.39 is 0 Å². The van der Waals surface area contributed by atoms with Gasteiger partial charge in [0.2, 0.25) is 5.91 Å². The van der Waals surface area contributed by atoms with Gasteiger partial charge >= 0.3 is 5.97 Å². The number of carbonyl (C=O) groups excluding carboxylic acids is 2. The van der Waals surface area contributed by atoms with Gasteiger partial charge in [-0.05, 0) is 6.42 Å². The summed E-state index contributed by atoms with van der Waals surface area (Å²) in [7, 11) is 1.35. The zero-order valence-corrected chi connectivity index (χ0v) is 12.8. The van der Waals surface area contributed by atoms with Crippen molar-refractivity contribution in [2.24, 2.45) is 0 Å². The molecule has 1 unspecified atom stereocenters. The highest BCUT2D eigenvalue weighted by atomic mass is 127. The van der Waals surface area contributed by atoms with Gasteiger partial charge in [-0.25, -0.2) is 0 Å². The number of ether oxygens (including phenoxy) is 1. The largest absolute Gasteiger partial charge is 0.468 e. The van der Waals surface area contributed by atoms with Gasteiger partial charge in [-0.1, -0.05) is 55.2 Å². The Kier molecular flexibility index (Phi) is 10.6. The molecule has 0 aliphatic rings. The highest BCUT2D eigenvalue weighted by Crippen LogP contribution is 2.05. The molecular weight excluding hydrogens is 333 g/mol. The summed E-state index contributed by atoms with van der Waals surface area (Å²) in [5.74, 6) is -0.277. The van der Waals surface area contributed by atoms with Crippen LogP contribution < -0.4 is 5.32 Å². The Morgan fingerprint density at radius 1 is 1.24 bits per heavy atom. The van der Waals surface area contributed by atoms with Crippen LogP contribution in [0.1, 0.15) is 45.4 Å². The molecule has 0 aliphatic heterocycles. The summed E-state index contributed by atoms with van der Waals surface area (Å²) in [6.07, 6.45) is 6.22. The minimum atomic E-state index is -0.304. The van der Waals surface area contributed by atoms with E-state index in [9.17, 15) is 9.59 Å². The number of amides is 1. The first-order valence-corrected chi connectivity index (χ1v) is 7.35. The molecule has 4 nitrogen and oxygen atoms in total. The van der Waals surface area contributed by atoms with E-state index in [0.29, 0.717) is 13.0 Å². The lowest BCUT2D eigenvalue weighted by Gasteiger charge is -2.09. The number of hydrogen-bond acceptors (Lipinski definition) is 3. The van der Waals surface area contributed by atoms with Crippen molar-refractivity contribution in [2.75, 3.05) is 13.7 Å². The summed E-state index contributed by atoms with van der Waals surface area (Å²) >= 11 is 1.97. The molecule has 5 heteroatoms. The van der Waals surface area contributed by atoms with Gasteiger partial charge in [-0.2, -0.15) is 0 Å². The average Bonchev–Trinajstić information content (AvgIpc) is 2.34. The molecule has 0 saturated heterocycles. The summed E-state index contributed by atoms with van der Waals surface area (Å²) in [5, 5.41) is 2.74. The van der Waals surface area contributed by atoms with Crippen LogP contribution >= 0.6 is 22.6 Å². The molecule has 0 radical (unpaired) electrons. The van der Waals surface area contributed by atoms with Gasteiger partial charge in [0, 0.05) is 13.0 Å². The topological polar surface area (TPSA) is 55.4 Å². The predicted octanol–water partition coefficient (Wildman–Crippen LogP) is 2.44. The average molecular weight is 355 g/mol. The van der Waals surface area contributed by atoms with Crippen molar-refractivity contribution in [1.82, 2.24) is 5.32 Å². The molecule has 0 rings (SSSR count). The van der Waals surface area contributed by atoms with E-state index in [1.54, 1.807) is 0 Å². The summed E-state index contributed by atoms with van der Waals surface area (Å²) in [5.41, 5.74) is 0. The van der Waals surface area contributed by atoms with Gasteiger partial charge in [0.05, 0.1) is 7.11 Å². The lowest BCUT2D eigenvalue weighted by atomic mass is 10.1. The molecule has 17 heavy (non-hydrogen) atoms. The van der Waals surface area contributed by atoms with E-state index >= 15 is 0 Å². The number of unbranched alkanes of at least 4 members (excludes halogenated alkanes) is 4. The van der Waals surface area contributed by atoms with Gasteiger partial charge in [-0.3, -0.25) is 9.59 Å². The van der Waals surface area contributed by atoms with Crippen LogP contribution in [0.25, 0.3) is 0 Å². The normalized spacial score (nSPS) is 11.9. The second kappa shape index (κ2) is 10.8. The molecular formula is C12H22INO3. The Hall–Kier alpha value is -0.330. The lowest BCUT2D eigenvalue weighted by molar-refractivity contribution is -0.139. The van der Waals surface area contributed by atoms with Crippen LogP contribution in [-0.2, 0) is 14.3 Å². The Morgan fingerprint density at radius 3 is 2.47 bits per heavy atom. The quantitative estimate of drug-likeness (QED) is 0.299. The van der Waals surface area contributed by atoms with Crippen LogP contribution in [0, 0.1) is 0 Å². The first-order valence-electron chi connectivity index (χ1n) is 6.10. The second-order valence-electron chi connectivity index (χ2n) is 3.96. The number of methoxy groups -OCH3 is 1. The summed E-state index contributed by atoms with van der Waals surface area (Å²) in [6.45, 7) is 2.51. The molecule has 0 aliphatic carbocycles. The van der Waals surface area contributed by atoms with E-state index in [4.69, 9.17) is 0 Å². The first-order chi connectivity index (χ1) is 8.11. The maximum absolute atomic E-state index is 11.4. The molecule has 0 aromatic heterocycles. The third-order valence-electron chi connectivity index (χ3n) is 2.44. The van der Waals surface area contributed by atoms with Crippen molar-refractivity contribution >= 4 is 34.5 Å². The Morgan fingerprint density at radius 2 is 1.88 bits per heavy atom. The lowest BCUT2D eigenvalue weighted by Crippen LogP contribution is -2.33. The van der Waals surface area contributed by atoms with E-state index in [2.05, 4.69) is 17.0 Å². The highest BCUT2D eigenvalue weighted by Gasteiger charge is 2.15. The molecule has 0 heterocycles. The van der Waals surface area contributed by atoms with E-state index in [1.807, 2.05) is 22.6 Å². The van der Waals surface area contributed by atoms with Crippen molar-refractivity contribution in [1.29, 1.82) is 0 Å². The molecule has 1 atom stereocenters. The zero-order chi connectivity index (χ0) is 13.1. The second-order valence-corrected chi connectivity index (χ2v) is 5.46. The third kappa shape index (κ3) is 9.38. The number of carbonyl (C=O) groups is 2. The maximum atomic E-state index is 11.4. The van der Waals surface area contributed by atoms with Crippen molar-refractivity contribution in [3.8, 4) is 0 Å². The molecule has 0 fully saturated rings. The van der Waals surface area contributed by atoms with Gasteiger partial charge < -0.3 is 10.1 Å². The monoisotopic (exact) mass is 355 g/mol. The smallest absolute Gasteiger partial charge is 0.320 e. The summed E-state index contributed by atoms with van der Waals surface area (Å²) in [6, 6.07) is 0. The molecule has 0 bridgehead atoms. The number of alkyl halides is 1. The predicted molar refractivity (Wildman–Crippen MR) is 76.2 cm³/mol. The Balaban J connectivity index is 3.49. The van der Waals surface area contributed by atoms with E-state index in [-0.39, 0.29) is 15.8 Å². The van der Waals surface area contributed by atoms with Crippen LogP contribution in [-0.4, -0.2) is 29.5 Å². The molecule has 0 aromatic rings. The molecule has 1 N–H and O–H groups in total. The number of esters is 1. The molecule has 0 spiro atoms. The van der Waals surface area contributed by atoms with Crippen molar-refractivity contribution in [3.63, 3.8) is 0 Å². The number of halogens is 1. The standard InChI is InChI=1S/C12H22INO3/c1-3-4-5-6-7-8-11(15)14-9-10(13)12(16)17-2/h10H,3-9H2,1-2H3,(H,14,15). The van der Waals surface area contributed by atoms with Gasteiger partial charge in [0.1, 0.15) is 3.92 Å². The van der Waals surface area contributed by atoms with Crippen LogP contribution in [0.15, 0.2) is 0 Å². The summed E-state index contributed by atoms with van der Waals surface area (Å²) in [4.78, 5) is 22.5. The van der Waals surface area contributed by atoms with Gasteiger partial charge in [0.15, 0.2) is 0 Å². The van der Waals surface area contributed by atoms with Crippen molar-refractivity contribution in [2.45, 2.75) is 49.4 Å². The molecule has 0 saturated carbocycles. The number of nitrogens with one attached hydrogen (secondary N) is 1. The minimum Gasteiger partial charge on any atom is -0.468 e. The van der Waals surface area contributed by atoms with Crippen molar-refractivity contribution < 1.29 is 14.3 Å². The van der Waals surface area contributed by atoms with Crippen molar-refractivity contribution in [3.05, 3.63) is 0 Å². The van der Waals surface area contributed by atoms with E-state index in [1.165, 1.54) is 26.4 Å². The molecule has 100 valence electrons. The van der Waals surface area contributed by atoms with Crippen LogP contribution in [0.5, 0.6) is 0 Å².